The van der Waals surface area contributed by atoms with Crippen molar-refractivity contribution in [2.24, 2.45) is 0 Å². The van der Waals surface area contributed by atoms with Crippen molar-refractivity contribution in [1.82, 2.24) is 14.8 Å². The molecule has 0 amide bonds. The van der Waals surface area contributed by atoms with Crippen LogP contribution in [0.4, 0.5) is 8.78 Å². The number of hydrogen-bond donors (Lipinski definition) is 0. The Balaban J connectivity index is 1.77. The minimum absolute atomic E-state index is 0.262. The molecule has 1 aliphatic carbocycles. The van der Waals surface area contributed by atoms with Gasteiger partial charge in [-0.1, -0.05) is 41.6 Å². The van der Waals surface area contributed by atoms with E-state index >= 15 is 0 Å². The van der Waals surface area contributed by atoms with Gasteiger partial charge in [-0.05, 0) is 30.7 Å². The Morgan fingerprint density at radius 1 is 1.42 bits per heavy atom. The topological polar surface area (TPSA) is 43.2 Å². The first-order chi connectivity index (χ1) is 12.5. The molecule has 0 bridgehead atoms. The SMILES string of the molecule is CSc1ncnn1CC1(c2ccc(F)cc2F)OC1C1=C(Cl)CCC=C1. The van der Waals surface area contributed by atoms with Crippen molar-refractivity contribution in [2.75, 3.05) is 6.26 Å². The lowest BCUT2D eigenvalue weighted by molar-refractivity contribution is 0.252. The van der Waals surface area contributed by atoms with Crippen LogP contribution in [-0.4, -0.2) is 27.1 Å². The molecule has 0 saturated carbocycles. The first-order valence-corrected chi connectivity index (χ1v) is 9.75. The number of halogens is 3. The molecule has 1 aromatic carbocycles. The third-order valence-electron chi connectivity index (χ3n) is 4.65. The Morgan fingerprint density at radius 2 is 2.27 bits per heavy atom. The van der Waals surface area contributed by atoms with Gasteiger partial charge in [0.2, 0.25) is 0 Å². The third kappa shape index (κ3) is 2.98. The van der Waals surface area contributed by atoms with E-state index < -0.39 is 23.3 Å². The lowest BCUT2D eigenvalue weighted by atomic mass is 9.89. The summed E-state index contributed by atoms with van der Waals surface area (Å²) in [6, 6.07) is 3.54. The molecule has 1 saturated heterocycles. The van der Waals surface area contributed by atoms with Crippen LogP contribution in [0, 0.1) is 11.6 Å². The molecule has 4 rings (SSSR count). The van der Waals surface area contributed by atoms with Gasteiger partial charge in [-0.2, -0.15) is 5.10 Å². The Hall–Kier alpha value is -1.70. The number of benzene rings is 1. The first-order valence-electron chi connectivity index (χ1n) is 8.15. The van der Waals surface area contributed by atoms with Crippen LogP contribution in [0.2, 0.25) is 0 Å². The molecule has 136 valence electrons. The van der Waals surface area contributed by atoms with Crippen molar-refractivity contribution in [3.8, 4) is 0 Å². The molecule has 0 spiro atoms. The van der Waals surface area contributed by atoms with Crippen LogP contribution in [0.15, 0.2) is 52.4 Å². The molecule has 1 aromatic heterocycles. The van der Waals surface area contributed by atoms with Crippen LogP contribution < -0.4 is 0 Å². The highest BCUT2D eigenvalue weighted by atomic mass is 35.5. The van der Waals surface area contributed by atoms with Gasteiger partial charge in [-0.3, -0.25) is 0 Å². The van der Waals surface area contributed by atoms with E-state index in [0.29, 0.717) is 15.8 Å². The summed E-state index contributed by atoms with van der Waals surface area (Å²) in [7, 11) is 0. The number of nitrogens with zero attached hydrogens (tertiary/aromatic N) is 3. The lowest BCUT2D eigenvalue weighted by Crippen LogP contribution is -2.24. The van der Waals surface area contributed by atoms with Gasteiger partial charge >= 0.3 is 0 Å². The number of allylic oxidation sites excluding steroid dienone is 2. The second-order valence-electron chi connectivity index (χ2n) is 6.22. The summed E-state index contributed by atoms with van der Waals surface area (Å²) in [6.07, 6.45) is 8.48. The standard InChI is InChI=1S/C18H16ClF2N3OS/c1-26-17-22-10-23-24(17)9-18(13-7-6-11(20)8-15(13)21)16(25-18)12-4-2-3-5-14(12)19/h2,4,6-8,10,16H,3,5,9H2,1H3. The minimum atomic E-state index is -0.993. The summed E-state index contributed by atoms with van der Waals surface area (Å²) in [6.45, 7) is 0.262. The molecule has 2 atom stereocenters. The number of rotatable bonds is 5. The summed E-state index contributed by atoms with van der Waals surface area (Å²) >= 11 is 7.83. The normalized spacial score (nSPS) is 25.0. The van der Waals surface area contributed by atoms with Gasteiger partial charge in [0.05, 0.1) is 6.54 Å². The lowest BCUT2D eigenvalue weighted by Gasteiger charge is -2.17. The molecule has 2 aromatic rings. The smallest absolute Gasteiger partial charge is 0.185 e. The van der Waals surface area contributed by atoms with Crippen molar-refractivity contribution < 1.29 is 13.5 Å². The molecule has 0 radical (unpaired) electrons. The molecule has 2 unspecified atom stereocenters. The maximum atomic E-state index is 14.6. The van der Waals surface area contributed by atoms with E-state index in [1.807, 2.05) is 18.4 Å². The Kier molecular flexibility index (Phi) is 4.62. The van der Waals surface area contributed by atoms with Gasteiger partial charge in [-0.15, -0.1) is 0 Å². The number of thioether (sulfide) groups is 1. The zero-order chi connectivity index (χ0) is 18.3. The summed E-state index contributed by atoms with van der Waals surface area (Å²) in [5.41, 5.74) is 0.141. The number of hydrogen-bond acceptors (Lipinski definition) is 4. The van der Waals surface area contributed by atoms with Crippen LogP contribution in [0.3, 0.4) is 0 Å². The van der Waals surface area contributed by atoms with E-state index in [4.69, 9.17) is 16.3 Å². The van der Waals surface area contributed by atoms with E-state index in [2.05, 4.69) is 10.1 Å². The van der Waals surface area contributed by atoms with E-state index in [1.165, 1.54) is 30.2 Å². The van der Waals surface area contributed by atoms with Gasteiger partial charge < -0.3 is 4.74 Å². The predicted molar refractivity (Wildman–Crippen MR) is 96.0 cm³/mol. The van der Waals surface area contributed by atoms with Crippen LogP contribution in [0.1, 0.15) is 18.4 Å². The number of aromatic nitrogens is 3. The molecule has 1 aliphatic heterocycles. The van der Waals surface area contributed by atoms with E-state index in [9.17, 15) is 8.78 Å². The van der Waals surface area contributed by atoms with E-state index in [-0.39, 0.29) is 6.54 Å². The van der Waals surface area contributed by atoms with Crippen LogP contribution in [0.25, 0.3) is 0 Å². The van der Waals surface area contributed by atoms with Crippen LogP contribution in [-0.2, 0) is 16.9 Å². The zero-order valence-corrected chi connectivity index (χ0v) is 15.5. The van der Waals surface area contributed by atoms with Crippen molar-refractivity contribution in [3.63, 3.8) is 0 Å². The van der Waals surface area contributed by atoms with Crippen molar-refractivity contribution in [3.05, 3.63) is 64.5 Å². The number of ether oxygens (including phenoxy) is 1. The monoisotopic (exact) mass is 395 g/mol. The summed E-state index contributed by atoms with van der Waals surface area (Å²) in [5.74, 6) is -1.27. The summed E-state index contributed by atoms with van der Waals surface area (Å²) < 4.78 is 35.7. The molecular weight excluding hydrogens is 380 g/mol. The molecule has 0 N–H and O–H groups in total. The zero-order valence-electron chi connectivity index (χ0n) is 14.0. The molecule has 2 aliphatic rings. The maximum Gasteiger partial charge on any atom is 0.185 e. The highest BCUT2D eigenvalue weighted by Gasteiger charge is 2.61. The van der Waals surface area contributed by atoms with Crippen molar-refractivity contribution >= 4 is 23.4 Å². The molecule has 4 nitrogen and oxygen atoms in total. The van der Waals surface area contributed by atoms with Crippen LogP contribution in [0.5, 0.6) is 0 Å². The fourth-order valence-electron chi connectivity index (χ4n) is 3.36. The highest BCUT2D eigenvalue weighted by molar-refractivity contribution is 7.98. The highest BCUT2D eigenvalue weighted by Crippen LogP contribution is 2.54. The van der Waals surface area contributed by atoms with E-state index in [0.717, 1.165) is 24.5 Å². The van der Waals surface area contributed by atoms with Crippen LogP contribution >= 0.6 is 23.4 Å². The fraction of sp³-hybridized carbons (Fsp3) is 0.333. The van der Waals surface area contributed by atoms with E-state index in [1.54, 1.807) is 4.68 Å². The minimum Gasteiger partial charge on any atom is -0.354 e. The molecular formula is C18H16ClF2N3OS. The Morgan fingerprint density at radius 3 is 3.00 bits per heavy atom. The third-order valence-corrected chi connectivity index (χ3v) is 5.74. The average molecular weight is 396 g/mol. The largest absolute Gasteiger partial charge is 0.354 e. The summed E-state index contributed by atoms with van der Waals surface area (Å²) in [5, 5.41) is 5.63. The maximum absolute atomic E-state index is 14.6. The van der Waals surface area contributed by atoms with Crippen molar-refractivity contribution in [2.45, 2.75) is 36.2 Å². The molecule has 8 heteroatoms. The fourth-order valence-corrected chi connectivity index (χ4v) is 4.11. The van der Waals surface area contributed by atoms with Gasteiger partial charge in [0.25, 0.3) is 0 Å². The van der Waals surface area contributed by atoms with Crippen molar-refractivity contribution in [1.29, 1.82) is 0 Å². The second kappa shape index (κ2) is 6.79. The van der Waals surface area contributed by atoms with Gasteiger partial charge in [0, 0.05) is 16.7 Å². The van der Waals surface area contributed by atoms with Gasteiger partial charge in [0.15, 0.2) is 5.16 Å². The first kappa shape index (κ1) is 17.7. The molecule has 1 fully saturated rings. The second-order valence-corrected chi connectivity index (χ2v) is 7.45. The quantitative estimate of drug-likeness (QED) is 0.555. The summed E-state index contributed by atoms with van der Waals surface area (Å²) in [4.78, 5) is 4.18. The Bertz CT molecular complexity index is 914. The van der Waals surface area contributed by atoms with Gasteiger partial charge in [-0.25, -0.2) is 18.4 Å². The molecule has 26 heavy (non-hydrogen) atoms. The Labute approximate surface area is 158 Å². The number of epoxide rings is 1. The average Bonchev–Trinajstić information content (AvgIpc) is 3.14. The molecule has 2 heterocycles. The van der Waals surface area contributed by atoms with Gasteiger partial charge in [0.1, 0.15) is 29.7 Å². The predicted octanol–water partition coefficient (Wildman–Crippen LogP) is 4.42.